The lowest BCUT2D eigenvalue weighted by Crippen LogP contribution is -2.47. The third kappa shape index (κ3) is 4.36. The van der Waals surface area contributed by atoms with Crippen LogP contribution in [0.3, 0.4) is 0 Å². The predicted octanol–water partition coefficient (Wildman–Crippen LogP) is 1.80. The lowest BCUT2D eigenvalue weighted by molar-refractivity contribution is -0.135. The van der Waals surface area contributed by atoms with E-state index in [2.05, 4.69) is 0 Å². The van der Waals surface area contributed by atoms with Gasteiger partial charge in [0.25, 0.3) is 0 Å². The molecule has 1 aliphatic heterocycles. The monoisotopic (exact) mass is 292 g/mol. The second-order valence-electron chi connectivity index (χ2n) is 5.25. The van der Waals surface area contributed by atoms with Gasteiger partial charge in [0.05, 0.1) is 20.1 Å². The minimum atomic E-state index is 0.138. The molecule has 1 atom stereocenters. The van der Waals surface area contributed by atoms with Crippen molar-refractivity contribution in [2.75, 3.05) is 26.8 Å². The Morgan fingerprint density at radius 2 is 2.00 bits per heavy atom. The highest BCUT2D eigenvalue weighted by molar-refractivity contribution is 5.76. The molecular weight excluding hydrogens is 268 g/mol. The highest BCUT2D eigenvalue weighted by Crippen LogP contribution is 2.19. The number of carbonyl (C=O) groups is 1. The number of hydrogen-bond donors (Lipinski definition) is 1. The molecule has 0 radical (unpaired) electrons. The SMILES string of the molecule is COc1ccc(OCCC(=O)N2CCCCC2CN)cc1. The number of rotatable bonds is 6. The number of likely N-dealkylation sites (tertiary alicyclic amines) is 1. The van der Waals surface area contributed by atoms with Gasteiger partial charge in [0.15, 0.2) is 0 Å². The van der Waals surface area contributed by atoms with E-state index in [1.165, 1.54) is 0 Å². The van der Waals surface area contributed by atoms with Crippen LogP contribution in [0.2, 0.25) is 0 Å². The summed E-state index contributed by atoms with van der Waals surface area (Å²) in [5, 5.41) is 0. The van der Waals surface area contributed by atoms with Crippen LogP contribution in [0.1, 0.15) is 25.7 Å². The van der Waals surface area contributed by atoms with E-state index in [1.807, 2.05) is 29.2 Å². The Hall–Kier alpha value is -1.75. The topological polar surface area (TPSA) is 64.8 Å². The Kier molecular flexibility index (Phi) is 5.87. The summed E-state index contributed by atoms with van der Waals surface area (Å²) in [7, 11) is 1.63. The molecule has 1 fully saturated rings. The smallest absolute Gasteiger partial charge is 0.226 e. The molecule has 1 aromatic rings. The Morgan fingerprint density at radius 3 is 2.67 bits per heavy atom. The van der Waals surface area contributed by atoms with Gasteiger partial charge in [0, 0.05) is 19.1 Å². The fourth-order valence-electron chi connectivity index (χ4n) is 2.65. The maximum Gasteiger partial charge on any atom is 0.226 e. The fourth-order valence-corrected chi connectivity index (χ4v) is 2.65. The molecule has 2 rings (SSSR count). The van der Waals surface area contributed by atoms with Gasteiger partial charge in [-0.1, -0.05) is 0 Å². The minimum absolute atomic E-state index is 0.138. The number of ether oxygens (including phenoxy) is 2. The van der Waals surface area contributed by atoms with Gasteiger partial charge in [-0.3, -0.25) is 4.79 Å². The Labute approximate surface area is 126 Å². The highest BCUT2D eigenvalue weighted by Gasteiger charge is 2.25. The molecule has 5 heteroatoms. The van der Waals surface area contributed by atoms with Gasteiger partial charge in [-0.05, 0) is 43.5 Å². The van der Waals surface area contributed by atoms with Gasteiger partial charge in [-0.2, -0.15) is 0 Å². The number of hydrogen-bond acceptors (Lipinski definition) is 4. The minimum Gasteiger partial charge on any atom is -0.497 e. The summed E-state index contributed by atoms with van der Waals surface area (Å²) in [4.78, 5) is 14.1. The van der Waals surface area contributed by atoms with Crippen LogP contribution in [0.5, 0.6) is 11.5 Å². The molecule has 116 valence electrons. The molecule has 1 aromatic carbocycles. The van der Waals surface area contributed by atoms with Crippen LogP contribution in [0.15, 0.2) is 24.3 Å². The number of methoxy groups -OCH3 is 1. The van der Waals surface area contributed by atoms with Crippen molar-refractivity contribution in [3.8, 4) is 11.5 Å². The molecular formula is C16H24N2O3. The Morgan fingerprint density at radius 1 is 1.29 bits per heavy atom. The van der Waals surface area contributed by atoms with Crippen molar-refractivity contribution in [1.29, 1.82) is 0 Å². The Bertz CT molecular complexity index is 447. The summed E-state index contributed by atoms with van der Waals surface area (Å²) in [5.74, 6) is 1.67. The first-order chi connectivity index (χ1) is 10.2. The normalized spacial score (nSPS) is 18.4. The van der Waals surface area contributed by atoms with Crippen LogP contribution in [0.4, 0.5) is 0 Å². The molecule has 21 heavy (non-hydrogen) atoms. The number of amides is 1. The van der Waals surface area contributed by atoms with E-state index in [1.54, 1.807) is 7.11 Å². The molecule has 1 saturated heterocycles. The number of piperidine rings is 1. The summed E-state index contributed by atoms with van der Waals surface area (Å²) in [6.07, 6.45) is 3.64. The van der Waals surface area contributed by atoms with Crippen LogP contribution in [0.25, 0.3) is 0 Å². The van der Waals surface area contributed by atoms with Crippen molar-refractivity contribution in [3.05, 3.63) is 24.3 Å². The molecule has 1 heterocycles. The van der Waals surface area contributed by atoms with E-state index in [4.69, 9.17) is 15.2 Å². The van der Waals surface area contributed by atoms with Crippen LogP contribution in [0, 0.1) is 0 Å². The van der Waals surface area contributed by atoms with Crippen molar-refractivity contribution in [2.45, 2.75) is 31.7 Å². The average Bonchev–Trinajstić information content (AvgIpc) is 2.55. The number of benzene rings is 1. The molecule has 0 aliphatic carbocycles. The molecule has 0 bridgehead atoms. The molecule has 0 aromatic heterocycles. The van der Waals surface area contributed by atoms with Crippen molar-refractivity contribution < 1.29 is 14.3 Å². The van der Waals surface area contributed by atoms with Gasteiger partial charge < -0.3 is 20.1 Å². The van der Waals surface area contributed by atoms with Gasteiger partial charge >= 0.3 is 0 Å². The first-order valence-electron chi connectivity index (χ1n) is 7.51. The van der Waals surface area contributed by atoms with E-state index in [0.717, 1.165) is 37.3 Å². The molecule has 0 saturated carbocycles. The first kappa shape index (κ1) is 15.6. The summed E-state index contributed by atoms with van der Waals surface area (Å²) in [5.41, 5.74) is 5.74. The number of nitrogens with two attached hydrogens (primary N) is 1. The van der Waals surface area contributed by atoms with Crippen LogP contribution in [-0.4, -0.2) is 43.7 Å². The first-order valence-corrected chi connectivity index (χ1v) is 7.51. The lowest BCUT2D eigenvalue weighted by atomic mass is 10.0. The van der Waals surface area contributed by atoms with Crippen molar-refractivity contribution in [2.24, 2.45) is 5.73 Å². The summed E-state index contributed by atoms with van der Waals surface area (Å²) >= 11 is 0. The summed E-state index contributed by atoms with van der Waals surface area (Å²) in [6.45, 7) is 1.76. The van der Waals surface area contributed by atoms with Gasteiger partial charge in [-0.15, -0.1) is 0 Å². The highest BCUT2D eigenvalue weighted by atomic mass is 16.5. The van der Waals surface area contributed by atoms with E-state index >= 15 is 0 Å². The zero-order valence-electron chi connectivity index (χ0n) is 12.6. The quantitative estimate of drug-likeness (QED) is 0.868. The number of nitrogens with zero attached hydrogens (tertiary/aromatic N) is 1. The van der Waals surface area contributed by atoms with Crippen molar-refractivity contribution in [3.63, 3.8) is 0 Å². The maximum absolute atomic E-state index is 12.2. The third-order valence-corrected chi connectivity index (χ3v) is 3.86. The predicted molar refractivity (Wildman–Crippen MR) is 81.5 cm³/mol. The van der Waals surface area contributed by atoms with E-state index < -0.39 is 0 Å². The fraction of sp³-hybridized carbons (Fsp3) is 0.562. The second-order valence-corrected chi connectivity index (χ2v) is 5.25. The lowest BCUT2D eigenvalue weighted by Gasteiger charge is -2.35. The molecule has 1 unspecified atom stereocenters. The zero-order chi connectivity index (χ0) is 15.1. The van der Waals surface area contributed by atoms with Crippen LogP contribution >= 0.6 is 0 Å². The largest absolute Gasteiger partial charge is 0.497 e. The molecule has 5 nitrogen and oxygen atoms in total. The van der Waals surface area contributed by atoms with E-state index in [0.29, 0.717) is 19.6 Å². The van der Waals surface area contributed by atoms with Gasteiger partial charge in [0.2, 0.25) is 5.91 Å². The van der Waals surface area contributed by atoms with Gasteiger partial charge in [0.1, 0.15) is 11.5 Å². The van der Waals surface area contributed by atoms with Crippen molar-refractivity contribution >= 4 is 5.91 Å². The Balaban J connectivity index is 1.77. The second kappa shape index (κ2) is 7.88. The third-order valence-electron chi connectivity index (χ3n) is 3.86. The summed E-state index contributed by atoms with van der Waals surface area (Å²) in [6, 6.07) is 7.56. The standard InChI is InChI=1S/C16H24N2O3/c1-20-14-5-7-15(8-6-14)21-11-9-16(19)18-10-3-2-4-13(18)12-17/h5-8,13H,2-4,9-12,17H2,1H3. The van der Waals surface area contributed by atoms with Gasteiger partial charge in [-0.25, -0.2) is 0 Å². The van der Waals surface area contributed by atoms with Crippen LogP contribution in [-0.2, 0) is 4.79 Å². The molecule has 2 N–H and O–H groups in total. The maximum atomic E-state index is 12.2. The van der Waals surface area contributed by atoms with Crippen LogP contribution < -0.4 is 15.2 Å². The molecule has 1 aliphatic rings. The molecule has 0 spiro atoms. The van der Waals surface area contributed by atoms with E-state index in [-0.39, 0.29) is 11.9 Å². The van der Waals surface area contributed by atoms with E-state index in [9.17, 15) is 4.79 Å². The van der Waals surface area contributed by atoms with Crippen molar-refractivity contribution in [1.82, 2.24) is 4.90 Å². The number of carbonyl (C=O) groups excluding carboxylic acids is 1. The molecule has 1 amide bonds. The summed E-state index contributed by atoms with van der Waals surface area (Å²) < 4.78 is 10.7. The zero-order valence-corrected chi connectivity index (χ0v) is 12.6. The average molecular weight is 292 g/mol.